The quantitative estimate of drug-likeness (QED) is 0.172. The van der Waals surface area contributed by atoms with Gasteiger partial charge in [0.25, 0.3) is 0 Å². The van der Waals surface area contributed by atoms with Gasteiger partial charge < -0.3 is 18.9 Å². The summed E-state index contributed by atoms with van der Waals surface area (Å²) in [4.78, 5) is 22.3. The number of hydrogen-bond acceptors (Lipinski definition) is 6. The molecule has 188 valence electrons. The van der Waals surface area contributed by atoms with Crippen molar-refractivity contribution in [3.63, 3.8) is 0 Å². The van der Waals surface area contributed by atoms with Crippen molar-refractivity contribution < 1.29 is 28.5 Å². The van der Waals surface area contributed by atoms with Crippen LogP contribution in [0.3, 0.4) is 0 Å². The third kappa shape index (κ3) is 8.96. The Bertz CT molecular complexity index is 901. The Hall–Kier alpha value is -3.54. The van der Waals surface area contributed by atoms with Crippen LogP contribution < -0.4 is 9.47 Å². The Morgan fingerprint density at radius 1 is 0.686 bits per heavy atom. The van der Waals surface area contributed by atoms with Crippen molar-refractivity contribution >= 4 is 11.9 Å². The van der Waals surface area contributed by atoms with Crippen LogP contribution >= 0.6 is 0 Å². The lowest BCUT2D eigenvalue weighted by molar-refractivity contribution is -0.138. The van der Waals surface area contributed by atoms with Gasteiger partial charge in [-0.25, -0.2) is 9.59 Å². The number of benzene rings is 2. The van der Waals surface area contributed by atoms with Crippen molar-refractivity contribution in [1.82, 2.24) is 0 Å². The summed E-state index contributed by atoms with van der Waals surface area (Å²) in [6, 6.07) is 16.0. The van der Waals surface area contributed by atoms with Crippen LogP contribution in [-0.4, -0.2) is 38.4 Å². The minimum absolute atomic E-state index is 0.350. The van der Waals surface area contributed by atoms with Crippen molar-refractivity contribution in [3.8, 4) is 11.5 Å². The van der Waals surface area contributed by atoms with E-state index in [0.29, 0.717) is 39.3 Å². The Kier molecular flexibility index (Phi) is 11.6. The molecule has 0 aromatic heterocycles. The highest BCUT2D eigenvalue weighted by molar-refractivity contribution is 5.81. The molecule has 0 N–H and O–H groups in total. The maximum atomic E-state index is 11.1. The molecule has 0 bridgehead atoms. The molecule has 0 saturated carbocycles. The molecule has 0 aliphatic rings. The number of carbonyl (C=O) groups excluding carboxylic acids is 2. The third-order valence-electron chi connectivity index (χ3n) is 5.54. The molecule has 6 nitrogen and oxygen atoms in total. The second-order valence-corrected chi connectivity index (χ2v) is 8.47. The van der Waals surface area contributed by atoms with E-state index in [1.165, 1.54) is 0 Å². The molecule has 0 fully saturated rings. The Morgan fingerprint density at radius 2 is 1.06 bits per heavy atom. The third-order valence-corrected chi connectivity index (χ3v) is 5.54. The summed E-state index contributed by atoms with van der Waals surface area (Å²) in [6.45, 7) is 12.8. The van der Waals surface area contributed by atoms with Gasteiger partial charge in [-0.05, 0) is 37.8 Å². The first-order chi connectivity index (χ1) is 16.9. The molecule has 6 heteroatoms. The fourth-order valence-corrected chi connectivity index (χ4v) is 3.60. The molecule has 0 aliphatic heterocycles. The molecule has 0 heterocycles. The Morgan fingerprint density at radius 3 is 1.46 bits per heavy atom. The largest absolute Gasteiger partial charge is 0.493 e. The summed E-state index contributed by atoms with van der Waals surface area (Å²) in [7, 11) is 0. The maximum Gasteiger partial charge on any atom is 0.330 e. The monoisotopic (exact) mass is 480 g/mol. The number of hydrogen-bond donors (Lipinski definition) is 0. The van der Waals surface area contributed by atoms with Crippen LogP contribution in [-0.2, 0) is 24.5 Å². The molecule has 0 spiro atoms. The zero-order valence-corrected chi connectivity index (χ0v) is 20.8. The summed E-state index contributed by atoms with van der Waals surface area (Å²) >= 11 is 0. The fourth-order valence-electron chi connectivity index (χ4n) is 3.60. The lowest BCUT2D eigenvalue weighted by Crippen LogP contribution is -2.22. The van der Waals surface area contributed by atoms with Crippen LogP contribution in [0.5, 0.6) is 11.5 Å². The number of para-hydroxylation sites is 2. The highest BCUT2D eigenvalue weighted by Crippen LogP contribution is 2.41. The molecule has 2 rings (SSSR count). The predicted molar refractivity (Wildman–Crippen MR) is 137 cm³/mol. The standard InChI is InChI=1S/C29H36O6/c1-5-27(30)34-21-13-11-19-32-25-17-9-7-15-23(25)29(3,4)24-16-8-10-18-26(24)33-20-12-14-22-35-28(31)6-2/h5-10,15-18H,1-2,11-14,19-22H2,3-4H3. The normalized spacial score (nSPS) is 10.8. The first kappa shape index (κ1) is 27.7. The highest BCUT2D eigenvalue weighted by Gasteiger charge is 2.29. The van der Waals surface area contributed by atoms with E-state index in [9.17, 15) is 9.59 Å². The van der Waals surface area contributed by atoms with Gasteiger partial charge in [-0.15, -0.1) is 0 Å². The summed E-state index contributed by atoms with van der Waals surface area (Å²) in [5.74, 6) is 0.823. The molecule has 0 radical (unpaired) electrons. The number of carbonyl (C=O) groups is 2. The Balaban J connectivity index is 1.99. The molecular formula is C29H36O6. The van der Waals surface area contributed by atoms with Gasteiger partial charge in [-0.2, -0.15) is 0 Å². The predicted octanol–water partition coefficient (Wildman–Crippen LogP) is 5.79. The second-order valence-electron chi connectivity index (χ2n) is 8.47. The smallest absolute Gasteiger partial charge is 0.330 e. The zero-order chi connectivity index (χ0) is 25.5. The lowest BCUT2D eigenvalue weighted by atomic mass is 9.77. The molecule has 0 amide bonds. The summed E-state index contributed by atoms with van der Waals surface area (Å²) in [6.07, 6.45) is 5.29. The highest BCUT2D eigenvalue weighted by atomic mass is 16.5. The van der Waals surface area contributed by atoms with Crippen LogP contribution in [0.1, 0.15) is 50.7 Å². The van der Waals surface area contributed by atoms with Crippen LogP contribution in [0.2, 0.25) is 0 Å². The van der Waals surface area contributed by atoms with Gasteiger partial charge in [0.15, 0.2) is 0 Å². The maximum absolute atomic E-state index is 11.1. The van der Waals surface area contributed by atoms with Crippen molar-refractivity contribution in [2.24, 2.45) is 0 Å². The molecule has 0 unspecified atom stereocenters. The van der Waals surface area contributed by atoms with Gasteiger partial charge in [0, 0.05) is 28.7 Å². The molecule has 35 heavy (non-hydrogen) atoms. The van der Waals surface area contributed by atoms with Gasteiger partial charge >= 0.3 is 11.9 Å². The van der Waals surface area contributed by atoms with Crippen molar-refractivity contribution in [3.05, 3.63) is 85.0 Å². The van der Waals surface area contributed by atoms with E-state index in [0.717, 1.165) is 47.6 Å². The van der Waals surface area contributed by atoms with Crippen LogP contribution in [0.25, 0.3) is 0 Å². The van der Waals surface area contributed by atoms with E-state index < -0.39 is 11.9 Å². The molecule has 2 aromatic carbocycles. The van der Waals surface area contributed by atoms with Gasteiger partial charge in [0.1, 0.15) is 11.5 Å². The van der Waals surface area contributed by atoms with Crippen molar-refractivity contribution in [2.45, 2.75) is 44.9 Å². The summed E-state index contributed by atoms with van der Waals surface area (Å²) in [5, 5.41) is 0. The van der Waals surface area contributed by atoms with Crippen molar-refractivity contribution in [2.75, 3.05) is 26.4 Å². The number of ether oxygens (including phenoxy) is 4. The second kappa shape index (κ2) is 14.7. The van der Waals surface area contributed by atoms with Gasteiger partial charge in [0.2, 0.25) is 0 Å². The SMILES string of the molecule is C=CC(=O)OCCCCOc1ccccc1C(C)(C)c1ccccc1OCCCCOC(=O)C=C. The molecule has 2 aromatic rings. The first-order valence-corrected chi connectivity index (χ1v) is 11.9. The van der Waals surface area contributed by atoms with E-state index in [1.54, 1.807) is 0 Å². The molecule has 0 atom stereocenters. The number of esters is 2. The van der Waals surface area contributed by atoms with Gasteiger partial charge in [-0.3, -0.25) is 0 Å². The molecule has 0 aliphatic carbocycles. The summed E-state index contributed by atoms with van der Waals surface area (Å²) < 4.78 is 22.3. The summed E-state index contributed by atoms with van der Waals surface area (Å²) in [5.41, 5.74) is 1.75. The first-order valence-electron chi connectivity index (χ1n) is 11.9. The van der Waals surface area contributed by atoms with Crippen LogP contribution in [0.15, 0.2) is 73.8 Å². The van der Waals surface area contributed by atoms with Gasteiger partial charge in [0.05, 0.1) is 26.4 Å². The minimum Gasteiger partial charge on any atom is -0.493 e. The molecule has 0 saturated heterocycles. The topological polar surface area (TPSA) is 71.1 Å². The van der Waals surface area contributed by atoms with E-state index in [-0.39, 0.29) is 5.41 Å². The van der Waals surface area contributed by atoms with E-state index >= 15 is 0 Å². The van der Waals surface area contributed by atoms with E-state index in [1.807, 2.05) is 36.4 Å². The van der Waals surface area contributed by atoms with Crippen LogP contribution in [0, 0.1) is 0 Å². The lowest BCUT2D eigenvalue weighted by Gasteiger charge is -2.30. The van der Waals surface area contributed by atoms with E-state index in [2.05, 4.69) is 39.1 Å². The average Bonchev–Trinajstić information content (AvgIpc) is 2.88. The Labute approximate surface area is 208 Å². The molecular weight excluding hydrogens is 444 g/mol. The number of unbranched alkanes of at least 4 members (excludes halogenated alkanes) is 2. The minimum atomic E-state index is -0.407. The van der Waals surface area contributed by atoms with Crippen LogP contribution in [0.4, 0.5) is 0 Å². The fraction of sp³-hybridized carbons (Fsp3) is 0.379. The van der Waals surface area contributed by atoms with Crippen molar-refractivity contribution in [1.29, 1.82) is 0 Å². The zero-order valence-electron chi connectivity index (χ0n) is 20.8. The van der Waals surface area contributed by atoms with E-state index in [4.69, 9.17) is 18.9 Å². The average molecular weight is 481 g/mol. The number of rotatable bonds is 16. The van der Waals surface area contributed by atoms with Gasteiger partial charge in [-0.1, -0.05) is 63.4 Å².